The summed E-state index contributed by atoms with van der Waals surface area (Å²) in [6.45, 7) is 4.58. The number of rotatable bonds is 2. The third kappa shape index (κ3) is 3.10. The van der Waals surface area contributed by atoms with E-state index < -0.39 is 0 Å². The molecule has 0 unspecified atom stereocenters. The second kappa shape index (κ2) is 8.11. The third-order valence-electron chi connectivity index (χ3n) is 8.49. The maximum atomic E-state index is 5.09. The first-order valence-corrected chi connectivity index (χ1v) is 13.4. The number of fused-ring (bicyclic) bond motifs is 4. The van der Waals surface area contributed by atoms with E-state index in [-0.39, 0.29) is 12.1 Å². The average molecular weight is 500 g/mol. The largest absolute Gasteiger partial charge is 0.293 e. The third-order valence-corrected chi connectivity index (χ3v) is 8.49. The second-order valence-electron chi connectivity index (χ2n) is 10.9. The summed E-state index contributed by atoms with van der Waals surface area (Å²) in [5, 5.41) is 1.20. The number of anilines is 3. The van der Waals surface area contributed by atoms with Crippen LogP contribution in [0.3, 0.4) is 0 Å². The minimum Gasteiger partial charge on any atom is -0.293 e. The van der Waals surface area contributed by atoms with Gasteiger partial charge in [-0.15, -0.1) is 0 Å². The molecule has 0 radical (unpaired) electrons. The van der Waals surface area contributed by atoms with Gasteiger partial charge in [-0.1, -0.05) is 97.6 Å². The van der Waals surface area contributed by atoms with Crippen LogP contribution in [0.2, 0.25) is 0 Å². The fraction of sp³-hybridized carbons (Fsp3) is 0.0882. The molecule has 4 aromatic carbocycles. The normalized spacial score (nSPS) is 14.5. The van der Waals surface area contributed by atoms with Crippen molar-refractivity contribution in [1.82, 2.24) is 15.0 Å². The van der Waals surface area contributed by atoms with Gasteiger partial charge in [0.1, 0.15) is 0 Å². The zero-order valence-electron chi connectivity index (χ0n) is 21.8. The first-order chi connectivity index (χ1) is 19.1. The molecule has 0 amide bonds. The van der Waals surface area contributed by atoms with Crippen molar-refractivity contribution in [2.24, 2.45) is 0 Å². The summed E-state index contributed by atoms with van der Waals surface area (Å²) in [6.07, 6.45) is 5.80. The molecule has 0 saturated carbocycles. The van der Waals surface area contributed by atoms with Crippen LogP contribution in [0, 0.1) is 0 Å². The van der Waals surface area contributed by atoms with Crippen LogP contribution in [0.1, 0.15) is 25.0 Å². The van der Waals surface area contributed by atoms with E-state index in [1.165, 1.54) is 38.6 Å². The van der Waals surface area contributed by atoms with E-state index in [2.05, 4.69) is 121 Å². The molecule has 2 aliphatic heterocycles. The van der Waals surface area contributed by atoms with E-state index in [1.54, 1.807) is 0 Å². The maximum absolute atomic E-state index is 5.09. The van der Waals surface area contributed by atoms with Gasteiger partial charge in [-0.3, -0.25) is 14.9 Å². The Morgan fingerprint density at radius 1 is 0.615 bits per heavy atom. The minimum atomic E-state index is -0.108. The van der Waals surface area contributed by atoms with Crippen LogP contribution in [0.4, 0.5) is 17.2 Å². The standard InChI is InChI=1S/C34H25BN4/c1-34(2)24-11-4-7-16-29(24)39(30-17-8-5-12-25(30)34)32-21-37-31(20-38-32)35-26-13-6-3-10-22(26)23-18-19-36-28-15-9-14-27(35)33(23)28/h3-21H,1-2H3. The summed E-state index contributed by atoms with van der Waals surface area (Å²) in [4.78, 5) is 17.1. The van der Waals surface area contributed by atoms with E-state index in [0.29, 0.717) is 0 Å². The van der Waals surface area contributed by atoms with Crippen LogP contribution in [0.25, 0.3) is 22.0 Å². The Kier molecular flexibility index (Phi) is 4.63. The van der Waals surface area contributed by atoms with E-state index in [0.717, 1.165) is 28.3 Å². The lowest BCUT2D eigenvalue weighted by molar-refractivity contribution is 0.631. The van der Waals surface area contributed by atoms with Gasteiger partial charge in [0.15, 0.2) is 5.82 Å². The predicted molar refractivity (Wildman–Crippen MR) is 161 cm³/mol. The Morgan fingerprint density at radius 2 is 1.31 bits per heavy atom. The highest BCUT2D eigenvalue weighted by Gasteiger charge is 2.37. The second-order valence-corrected chi connectivity index (χ2v) is 10.9. The van der Waals surface area contributed by atoms with Crippen molar-refractivity contribution in [1.29, 1.82) is 0 Å². The molecule has 0 spiro atoms. The molecule has 2 aliphatic rings. The van der Waals surface area contributed by atoms with E-state index in [4.69, 9.17) is 9.97 Å². The summed E-state index contributed by atoms with van der Waals surface area (Å²) < 4.78 is 0. The number of nitrogens with zero attached hydrogens (tertiary/aromatic N) is 4. The number of hydrogen-bond donors (Lipinski definition) is 0. The molecule has 0 atom stereocenters. The van der Waals surface area contributed by atoms with Crippen LogP contribution in [0.5, 0.6) is 0 Å². The predicted octanol–water partition coefficient (Wildman–Crippen LogP) is 5.63. The monoisotopic (exact) mass is 500 g/mol. The molecular formula is C34H25BN4. The van der Waals surface area contributed by atoms with Crippen molar-refractivity contribution in [3.8, 4) is 11.1 Å². The maximum Gasteiger partial charge on any atom is 0.268 e. The van der Waals surface area contributed by atoms with E-state index in [9.17, 15) is 0 Å². The molecule has 6 aromatic rings. The molecule has 0 saturated heterocycles. The van der Waals surface area contributed by atoms with Gasteiger partial charge in [0, 0.05) is 28.8 Å². The van der Waals surface area contributed by atoms with Gasteiger partial charge >= 0.3 is 0 Å². The topological polar surface area (TPSA) is 41.9 Å². The molecule has 184 valence electrons. The summed E-state index contributed by atoms with van der Waals surface area (Å²) in [5.74, 6) is 0.818. The Hall–Kier alpha value is -4.77. The van der Waals surface area contributed by atoms with Gasteiger partial charge in [-0.05, 0) is 46.5 Å². The fourth-order valence-corrected chi connectivity index (χ4v) is 6.69. The van der Waals surface area contributed by atoms with Gasteiger partial charge in [0.05, 0.1) is 23.1 Å². The van der Waals surface area contributed by atoms with Crippen LogP contribution < -0.4 is 21.4 Å². The SMILES string of the molecule is CC1(C)c2ccccc2N(c2cnc(B3c4ccccc4-c4ccnc5cccc3c45)cn2)c2ccccc21. The van der Waals surface area contributed by atoms with E-state index in [1.807, 2.05) is 18.6 Å². The highest BCUT2D eigenvalue weighted by Crippen LogP contribution is 2.50. The lowest BCUT2D eigenvalue weighted by atomic mass is 9.35. The van der Waals surface area contributed by atoms with Crippen molar-refractivity contribution in [3.63, 3.8) is 0 Å². The Morgan fingerprint density at radius 3 is 2.05 bits per heavy atom. The smallest absolute Gasteiger partial charge is 0.268 e. The lowest BCUT2D eigenvalue weighted by Gasteiger charge is -2.41. The summed E-state index contributed by atoms with van der Waals surface area (Å²) >= 11 is 0. The fourth-order valence-electron chi connectivity index (χ4n) is 6.69. The molecule has 8 rings (SSSR count). The molecule has 0 N–H and O–H groups in total. The van der Waals surface area contributed by atoms with Crippen molar-refractivity contribution >= 4 is 51.3 Å². The Bertz CT molecular complexity index is 1860. The number of benzene rings is 4. The summed E-state index contributed by atoms with van der Waals surface area (Å²) in [5.41, 5.74) is 11.7. The van der Waals surface area contributed by atoms with Crippen molar-refractivity contribution < 1.29 is 0 Å². The Balaban J connectivity index is 1.30. The molecule has 0 aliphatic carbocycles. The van der Waals surface area contributed by atoms with Gasteiger partial charge < -0.3 is 0 Å². The van der Waals surface area contributed by atoms with Gasteiger partial charge in [-0.25, -0.2) is 4.98 Å². The first kappa shape index (κ1) is 22.2. The number of hydrogen-bond acceptors (Lipinski definition) is 4. The van der Waals surface area contributed by atoms with Crippen molar-refractivity contribution in [3.05, 3.63) is 127 Å². The van der Waals surface area contributed by atoms with Crippen LogP contribution in [-0.2, 0) is 5.41 Å². The molecule has 5 heteroatoms. The van der Waals surface area contributed by atoms with Crippen LogP contribution >= 0.6 is 0 Å². The number of pyridine rings is 1. The number of aromatic nitrogens is 3. The molecule has 4 heterocycles. The lowest BCUT2D eigenvalue weighted by Crippen LogP contribution is -2.56. The van der Waals surface area contributed by atoms with Gasteiger partial charge in [0.25, 0.3) is 6.71 Å². The highest BCUT2D eigenvalue weighted by molar-refractivity contribution is 6.98. The molecular weight excluding hydrogens is 475 g/mol. The molecule has 39 heavy (non-hydrogen) atoms. The van der Waals surface area contributed by atoms with E-state index >= 15 is 0 Å². The minimum absolute atomic E-state index is 0.0111. The first-order valence-electron chi connectivity index (χ1n) is 13.4. The molecule has 0 bridgehead atoms. The highest BCUT2D eigenvalue weighted by atomic mass is 15.2. The van der Waals surface area contributed by atoms with Crippen LogP contribution in [0.15, 0.2) is 116 Å². The Labute approximate surface area is 228 Å². The quantitative estimate of drug-likeness (QED) is 0.289. The zero-order valence-corrected chi connectivity index (χ0v) is 21.8. The summed E-state index contributed by atoms with van der Waals surface area (Å²) in [7, 11) is 0. The van der Waals surface area contributed by atoms with Crippen molar-refractivity contribution in [2.45, 2.75) is 19.3 Å². The van der Waals surface area contributed by atoms with Gasteiger partial charge in [-0.2, -0.15) is 0 Å². The van der Waals surface area contributed by atoms with Crippen LogP contribution in [-0.4, -0.2) is 21.7 Å². The molecule has 4 nitrogen and oxygen atoms in total. The molecule has 2 aromatic heterocycles. The van der Waals surface area contributed by atoms with Crippen molar-refractivity contribution in [2.75, 3.05) is 4.90 Å². The van der Waals surface area contributed by atoms with Gasteiger partial charge in [0.2, 0.25) is 0 Å². The average Bonchev–Trinajstić information content (AvgIpc) is 2.98. The number of para-hydroxylation sites is 2. The summed E-state index contributed by atoms with van der Waals surface area (Å²) in [6, 6.07) is 34.4. The molecule has 0 fully saturated rings. The zero-order chi connectivity index (χ0) is 26.1.